The maximum absolute atomic E-state index is 9.17. The Morgan fingerprint density at radius 2 is 2.00 bits per heavy atom. The van der Waals surface area contributed by atoms with Gasteiger partial charge in [-0.2, -0.15) is 12.6 Å². The van der Waals surface area contributed by atoms with Gasteiger partial charge >= 0.3 is 0 Å². The highest BCUT2D eigenvalue weighted by Gasteiger charge is 2.00. The summed E-state index contributed by atoms with van der Waals surface area (Å²) in [4.78, 5) is 0. The van der Waals surface area contributed by atoms with Crippen molar-refractivity contribution in [2.24, 2.45) is 0 Å². The Bertz CT molecular complexity index is 251. The Kier molecular flexibility index (Phi) is 6.48. The van der Waals surface area contributed by atoms with Gasteiger partial charge < -0.3 is 9.84 Å². The first-order valence-electron chi connectivity index (χ1n) is 5.23. The predicted octanol–water partition coefficient (Wildman–Crippen LogP) is 1.93. The molecule has 0 saturated heterocycles. The fourth-order valence-corrected chi connectivity index (χ4v) is 1.40. The Balaban J connectivity index is 2.03. The summed E-state index contributed by atoms with van der Waals surface area (Å²) >= 11 is 3.97. The lowest BCUT2D eigenvalue weighted by Crippen LogP contribution is -2.17. The normalized spacial score (nSPS) is 12.7. The van der Waals surface area contributed by atoms with Crippen molar-refractivity contribution in [1.29, 1.82) is 0 Å². The number of hydrogen-bond acceptors (Lipinski definition) is 3. The van der Waals surface area contributed by atoms with Crippen molar-refractivity contribution in [1.82, 2.24) is 0 Å². The lowest BCUT2D eigenvalue weighted by atomic mass is 10.1. The molecule has 1 unspecified atom stereocenters. The fraction of sp³-hybridized carbons (Fsp3) is 0.500. The number of benzene rings is 1. The Labute approximate surface area is 96.7 Å². The van der Waals surface area contributed by atoms with Crippen molar-refractivity contribution in [2.75, 3.05) is 19.0 Å². The summed E-state index contributed by atoms with van der Waals surface area (Å²) < 4.78 is 5.31. The third-order valence-electron chi connectivity index (χ3n) is 2.12. The molecule has 0 aromatic heterocycles. The molecular weight excluding hydrogens is 208 g/mol. The van der Waals surface area contributed by atoms with Crippen LogP contribution in [0.1, 0.15) is 12.0 Å². The second-order valence-corrected chi connectivity index (χ2v) is 3.87. The third kappa shape index (κ3) is 5.82. The van der Waals surface area contributed by atoms with Crippen LogP contribution in [0.5, 0.6) is 0 Å². The molecule has 0 radical (unpaired) electrons. The number of thiol groups is 1. The smallest absolute Gasteiger partial charge is 0.0861 e. The number of aryl methyl sites for hydroxylation is 1. The molecule has 0 amide bonds. The van der Waals surface area contributed by atoms with Crippen LogP contribution in [0.25, 0.3) is 0 Å². The van der Waals surface area contributed by atoms with Crippen LogP contribution in [0.3, 0.4) is 0 Å². The molecule has 1 atom stereocenters. The SMILES string of the molecule is OC(CS)COCCCc1ccccc1. The van der Waals surface area contributed by atoms with Gasteiger partial charge in [0, 0.05) is 12.4 Å². The second-order valence-electron chi connectivity index (χ2n) is 3.50. The minimum absolute atomic E-state index is 0.387. The molecule has 0 spiro atoms. The molecule has 15 heavy (non-hydrogen) atoms. The van der Waals surface area contributed by atoms with Gasteiger partial charge in [0.05, 0.1) is 12.7 Å². The van der Waals surface area contributed by atoms with Crippen molar-refractivity contribution >= 4 is 12.6 Å². The van der Waals surface area contributed by atoms with E-state index in [-0.39, 0.29) is 0 Å². The highest BCUT2D eigenvalue weighted by Crippen LogP contribution is 2.02. The predicted molar refractivity (Wildman–Crippen MR) is 65.4 cm³/mol. The summed E-state index contributed by atoms with van der Waals surface area (Å²) in [5.41, 5.74) is 1.33. The minimum atomic E-state index is -0.440. The van der Waals surface area contributed by atoms with Gasteiger partial charge in [0.15, 0.2) is 0 Å². The molecule has 0 fully saturated rings. The van der Waals surface area contributed by atoms with Gasteiger partial charge in [-0.25, -0.2) is 0 Å². The van der Waals surface area contributed by atoms with E-state index in [4.69, 9.17) is 4.74 Å². The molecule has 0 saturated carbocycles. The Morgan fingerprint density at radius 3 is 2.67 bits per heavy atom. The molecule has 0 bridgehead atoms. The topological polar surface area (TPSA) is 29.5 Å². The van der Waals surface area contributed by atoms with Crippen LogP contribution >= 0.6 is 12.6 Å². The summed E-state index contributed by atoms with van der Waals surface area (Å²) in [6.45, 7) is 1.08. The summed E-state index contributed by atoms with van der Waals surface area (Å²) in [5.74, 6) is 0.457. The first kappa shape index (κ1) is 12.6. The van der Waals surface area contributed by atoms with Crippen LogP contribution in [0, 0.1) is 0 Å². The van der Waals surface area contributed by atoms with E-state index in [0.29, 0.717) is 19.0 Å². The zero-order chi connectivity index (χ0) is 10.9. The largest absolute Gasteiger partial charge is 0.390 e. The van der Waals surface area contributed by atoms with Crippen LogP contribution in [-0.2, 0) is 11.2 Å². The maximum atomic E-state index is 9.17. The summed E-state index contributed by atoms with van der Waals surface area (Å²) in [6.07, 6.45) is 1.58. The van der Waals surface area contributed by atoms with Gasteiger partial charge in [0.25, 0.3) is 0 Å². The molecule has 1 aromatic carbocycles. The van der Waals surface area contributed by atoms with Gasteiger partial charge in [-0.15, -0.1) is 0 Å². The number of aliphatic hydroxyl groups excluding tert-OH is 1. The summed E-state index contributed by atoms with van der Waals surface area (Å²) in [7, 11) is 0. The van der Waals surface area contributed by atoms with Crippen molar-refractivity contribution in [2.45, 2.75) is 18.9 Å². The van der Waals surface area contributed by atoms with Gasteiger partial charge in [-0.3, -0.25) is 0 Å². The monoisotopic (exact) mass is 226 g/mol. The zero-order valence-electron chi connectivity index (χ0n) is 8.80. The standard InChI is InChI=1S/C12H18O2S/c13-12(10-15)9-14-8-4-7-11-5-2-1-3-6-11/h1-3,5-6,12-13,15H,4,7-10H2. The number of ether oxygens (including phenoxy) is 1. The molecule has 0 aliphatic heterocycles. The third-order valence-corrected chi connectivity index (χ3v) is 2.54. The molecular formula is C12H18O2S. The molecule has 1 rings (SSSR count). The quantitative estimate of drug-likeness (QED) is 0.549. The average Bonchev–Trinajstić information content (AvgIpc) is 2.29. The van der Waals surface area contributed by atoms with E-state index < -0.39 is 6.10 Å². The van der Waals surface area contributed by atoms with E-state index in [1.54, 1.807) is 0 Å². The van der Waals surface area contributed by atoms with E-state index >= 15 is 0 Å². The molecule has 0 heterocycles. The van der Waals surface area contributed by atoms with Crippen LogP contribution in [0.15, 0.2) is 30.3 Å². The molecule has 0 aliphatic carbocycles. The molecule has 1 N–H and O–H groups in total. The average molecular weight is 226 g/mol. The molecule has 0 aliphatic rings. The van der Waals surface area contributed by atoms with Crippen molar-refractivity contribution < 1.29 is 9.84 Å². The minimum Gasteiger partial charge on any atom is -0.390 e. The van der Waals surface area contributed by atoms with Gasteiger partial charge in [0.2, 0.25) is 0 Å². The second kappa shape index (κ2) is 7.74. The molecule has 2 nitrogen and oxygen atoms in total. The van der Waals surface area contributed by atoms with E-state index in [1.165, 1.54) is 5.56 Å². The first-order chi connectivity index (χ1) is 7.33. The van der Waals surface area contributed by atoms with Gasteiger partial charge in [-0.1, -0.05) is 30.3 Å². The number of hydrogen-bond donors (Lipinski definition) is 2. The fourth-order valence-electron chi connectivity index (χ4n) is 1.30. The summed E-state index contributed by atoms with van der Waals surface area (Å²) in [6, 6.07) is 10.3. The van der Waals surface area contributed by atoms with Crippen LogP contribution in [-0.4, -0.2) is 30.2 Å². The first-order valence-corrected chi connectivity index (χ1v) is 5.86. The van der Waals surface area contributed by atoms with E-state index in [9.17, 15) is 5.11 Å². The highest BCUT2D eigenvalue weighted by atomic mass is 32.1. The van der Waals surface area contributed by atoms with Crippen LogP contribution in [0.4, 0.5) is 0 Å². The zero-order valence-corrected chi connectivity index (χ0v) is 9.70. The highest BCUT2D eigenvalue weighted by molar-refractivity contribution is 7.80. The van der Waals surface area contributed by atoms with Gasteiger partial charge in [-0.05, 0) is 18.4 Å². The van der Waals surface area contributed by atoms with Gasteiger partial charge in [0.1, 0.15) is 0 Å². The van der Waals surface area contributed by atoms with E-state index in [2.05, 4.69) is 24.8 Å². The van der Waals surface area contributed by atoms with E-state index in [1.807, 2.05) is 18.2 Å². The maximum Gasteiger partial charge on any atom is 0.0861 e. The van der Waals surface area contributed by atoms with E-state index in [0.717, 1.165) is 12.8 Å². The van der Waals surface area contributed by atoms with Crippen molar-refractivity contribution in [3.8, 4) is 0 Å². The van der Waals surface area contributed by atoms with Crippen molar-refractivity contribution in [3.63, 3.8) is 0 Å². The molecule has 84 valence electrons. The Morgan fingerprint density at radius 1 is 1.27 bits per heavy atom. The van der Waals surface area contributed by atoms with Crippen LogP contribution in [0.2, 0.25) is 0 Å². The van der Waals surface area contributed by atoms with Crippen molar-refractivity contribution in [3.05, 3.63) is 35.9 Å². The van der Waals surface area contributed by atoms with Crippen LogP contribution < -0.4 is 0 Å². The number of rotatable bonds is 7. The lowest BCUT2D eigenvalue weighted by Gasteiger charge is -2.08. The Hall–Kier alpha value is -0.510. The number of aliphatic hydroxyl groups is 1. The molecule has 3 heteroatoms. The summed E-state index contributed by atoms with van der Waals surface area (Å²) in [5, 5.41) is 9.17. The molecule has 1 aromatic rings. The lowest BCUT2D eigenvalue weighted by molar-refractivity contribution is 0.0478.